The molecule has 1 aromatic heterocycles. The van der Waals surface area contributed by atoms with Crippen molar-refractivity contribution in [2.24, 2.45) is 5.92 Å². The van der Waals surface area contributed by atoms with Crippen LogP contribution in [0.1, 0.15) is 32.6 Å². The van der Waals surface area contributed by atoms with E-state index in [4.69, 9.17) is 9.84 Å². The fourth-order valence-electron chi connectivity index (χ4n) is 2.32. The highest BCUT2D eigenvalue weighted by Crippen LogP contribution is 2.25. The van der Waals surface area contributed by atoms with Gasteiger partial charge in [-0.2, -0.15) is 4.98 Å². The van der Waals surface area contributed by atoms with Crippen LogP contribution < -0.4 is 9.64 Å². The number of carboxylic acid groups (broad SMARTS) is 1. The van der Waals surface area contributed by atoms with E-state index in [9.17, 15) is 4.79 Å². The monoisotopic (exact) mass is 279 g/mol. The van der Waals surface area contributed by atoms with Crippen LogP contribution in [0.15, 0.2) is 12.4 Å². The molecule has 1 saturated carbocycles. The van der Waals surface area contributed by atoms with Crippen LogP contribution in [0.4, 0.5) is 5.82 Å². The Morgan fingerprint density at radius 1 is 1.50 bits per heavy atom. The van der Waals surface area contributed by atoms with Crippen LogP contribution in [0.3, 0.4) is 0 Å². The van der Waals surface area contributed by atoms with E-state index in [1.165, 1.54) is 25.7 Å². The summed E-state index contributed by atoms with van der Waals surface area (Å²) in [6.07, 6.45) is 8.09. The number of hydrogen-bond acceptors (Lipinski definition) is 5. The summed E-state index contributed by atoms with van der Waals surface area (Å²) in [7, 11) is 1.68. The molecule has 0 aromatic carbocycles. The zero-order valence-electron chi connectivity index (χ0n) is 12.0. The molecule has 110 valence electrons. The molecule has 0 radical (unpaired) electrons. The minimum absolute atomic E-state index is 0.457. The number of ether oxygens (including phenoxy) is 1. The fraction of sp³-hybridized carbons (Fsp3) is 0.643. The molecular weight excluding hydrogens is 258 g/mol. The SMILES string of the molecule is CC(C(=O)O)N(C)c1cncc(OCC2CCCC2)n1. The number of carbonyl (C=O) groups is 1. The average Bonchev–Trinajstić information content (AvgIpc) is 2.97. The number of anilines is 1. The van der Waals surface area contributed by atoms with E-state index in [0.717, 1.165) is 0 Å². The van der Waals surface area contributed by atoms with Gasteiger partial charge in [0, 0.05) is 7.05 Å². The molecule has 2 rings (SSSR count). The highest BCUT2D eigenvalue weighted by atomic mass is 16.5. The van der Waals surface area contributed by atoms with E-state index in [1.54, 1.807) is 31.3 Å². The molecule has 1 unspecified atom stereocenters. The van der Waals surface area contributed by atoms with Gasteiger partial charge in [-0.3, -0.25) is 4.98 Å². The first-order valence-electron chi connectivity index (χ1n) is 6.98. The Balaban J connectivity index is 1.97. The summed E-state index contributed by atoms with van der Waals surface area (Å²) in [6, 6.07) is -0.658. The second kappa shape index (κ2) is 6.54. The molecule has 0 spiro atoms. The van der Waals surface area contributed by atoms with Crippen molar-refractivity contribution in [3.63, 3.8) is 0 Å². The fourth-order valence-corrected chi connectivity index (χ4v) is 2.32. The zero-order chi connectivity index (χ0) is 14.5. The largest absolute Gasteiger partial charge is 0.480 e. The van der Waals surface area contributed by atoms with Crippen LogP contribution >= 0.6 is 0 Å². The van der Waals surface area contributed by atoms with Crippen LogP contribution in [0.25, 0.3) is 0 Å². The first kappa shape index (κ1) is 14.6. The van der Waals surface area contributed by atoms with Crippen molar-refractivity contribution in [2.75, 3.05) is 18.6 Å². The Morgan fingerprint density at radius 3 is 2.85 bits per heavy atom. The number of hydrogen-bond donors (Lipinski definition) is 1. The van der Waals surface area contributed by atoms with Crippen molar-refractivity contribution in [1.82, 2.24) is 9.97 Å². The molecule has 1 atom stereocenters. The van der Waals surface area contributed by atoms with Crippen LogP contribution in [-0.2, 0) is 4.79 Å². The molecule has 1 aliphatic rings. The third kappa shape index (κ3) is 3.59. The summed E-state index contributed by atoms with van der Waals surface area (Å²) in [4.78, 5) is 20.9. The van der Waals surface area contributed by atoms with E-state index in [-0.39, 0.29) is 0 Å². The van der Waals surface area contributed by atoms with Gasteiger partial charge in [0.2, 0.25) is 5.88 Å². The molecule has 20 heavy (non-hydrogen) atoms. The first-order valence-corrected chi connectivity index (χ1v) is 6.98. The standard InChI is InChI=1S/C14H21N3O3/c1-10(14(18)19)17(2)12-7-15-8-13(16-12)20-9-11-5-3-4-6-11/h7-8,10-11H,3-6,9H2,1-2H3,(H,18,19). The van der Waals surface area contributed by atoms with Gasteiger partial charge in [0.1, 0.15) is 6.04 Å². The predicted molar refractivity (Wildman–Crippen MR) is 75.0 cm³/mol. The van der Waals surface area contributed by atoms with Gasteiger partial charge < -0.3 is 14.7 Å². The van der Waals surface area contributed by atoms with Crippen LogP contribution in [0, 0.1) is 5.92 Å². The molecule has 0 bridgehead atoms. The molecule has 1 aromatic rings. The molecule has 0 aliphatic heterocycles. The van der Waals surface area contributed by atoms with E-state index in [2.05, 4.69) is 9.97 Å². The number of aliphatic carboxylic acids is 1. The third-order valence-corrected chi connectivity index (χ3v) is 3.84. The predicted octanol–water partition coefficient (Wildman–Crippen LogP) is 1.95. The van der Waals surface area contributed by atoms with Crippen LogP contribution in [-0.4, -0.2) is 40.7 Å². The summed E-state index contributed by atoms with van der Waals surface area (Å²) in [5, 5.41) is 9.01. The van der Waals surface area contributed by atoms with E-state index in [0.29, 0.717) is 24.2 Å². The number of rotatable bonds is 6. The lowest BCUT2D eigenvalue weighted by Gasteiger charge is -2.22. The molecule has 1 fully saturated rings. The second-order valence-corrected chi connectivity index (χ2v) is 5.30. The minimum atomic E-state index is -0.897. The highest BCUT2D eigenvalue weighted by Gasteiger charge is 2.19. The lowest BCUT2D eigenvalue weighted by Crippen LogP contribution is -2.36. The molecular formula is C14H21N3O3. The van der Waals surface area contributed by atoms with Crippen LogP contribution in [0.5, 0.6) is 5.88 Å². The molecule has 0 saturated heterocycles. The molecule has 1 N–H and O–H groups in total. The average molecular weight is 279 g/mol. The van der Waals surface area contributed by atoms with E-state index >= 15 is 0 Å². The summed E-state index contributed by atoms with van der Waals surface area (Å²) >= 11 is 0. The molecule has 6 heteroatoms. The summed E-state index contributed by atoms with van der Waals surface area (Å²) in [5.41, 5.74) is 0. The maximum atomic E-state index is 11.0. The highest BCUT2D eigenvalue weighted by molar-refractivity contribution is 5.76. The molecule has 0 amide bonds. The maximum Gasteiger partial charge on any atom is 0.326 e. The molecule has 6 nitrogen and oxygen atoms in total. The summed E-state index contributed by atoms with van der Waals surface area (Å²) < 4.78 is 5.67. The Kier molecular flexibility index (Phi) is 4.76. The van der Waals surface area contributed by atoms with Gasteiger partial charge in [-0.25, -0.2) is 4.79 Å². The third-order valence-electron chi connectivity index (χ3n) is 3.84. The van der Waals surface area contributed by atoms with E-state index < -0.39 is 12.0 Å². The summed E-state index contributed by atoms with van der Waals surface area (Å²) in [6.45, 7) is 2.27. The summed E-state index contributed by atoms with van der Waals surface area (Å²) in [5.74, 6) is 0.672. The minimum Gasteiger partial charge on any atom is -0.480 e. The molecule has 1 heterocycles. The van der Waals surface area contributed by atoms with E-state index in [1.807, 2.05) is 0 Å². The smallest absolute Gasteiger partial charge is 0.326 e. The lowest BCUT2D eigenvalue weighted by molar-refractivity contribution is -0.138. The van der Waals surface area contributed by atoms with Gasteiger partial charge in [-0.15, -0.1) is 0 Å². The van der Waals surface area contributed by atoms with Gasteiger partial charge in [0.25, 0.3) is 0 Å². The second-order valence-electron chi connectivity index (χ2n) is 5.30. The Morgan fingerprint density at radius 2 is 2.20 bits per heavy atom. The number of likely N-dealkylation sites (N-methyl/N-ethyl adjacent to an activating group) is 1. The van der Waals surface area contributed by atoms with Crippen molar-refractivity contribution in [1.29, 1.82) is 0 Å². The van der Waals surface area contributed by atoms with Crippen LogP contribution in [0.2, 0.25) is 0 Å². The maximum absolute atomic E-state index is 11.0. The van der Waals surface area contributed by atoms with Gasteiger partial charge in [-0.1, -0.05) is 12.8 Å². The Bertz CT molecular complexity index is 461. The number of carboxylic acids is 1. The number of aromatic nitrogens is 2. The van der Waals surface area contributed by atoms with Crippen molar-refractivity contribution in [2.45, 2.75) is 38.6 Å². The van der Waals surface area contributed by atoms with Crippen molar-refractivity contribution < 1.29 is 14.6 Å². The Hall–Kier alpha value is -1.85. The van der Waals surface area contributed by atoms with Crippen molar-refractivity contribution in [3.8, 4) is 5.88 Å². The number of nitrogens with zero attached hydrogens (tertiary/aromatic N) is 3. The van der Waals surface area contributed by atoms with Crippen molar-refractivity contribution >= 4 is 11.8 Å². The normalized spacial score (nSPS) is 16.9. The van der Waals surface area contributed by atoms with Gasteiger partial charge >= 0.3 is 5.97 Å². The van der Waals surface area contributed by atoms with Gasteiger partial charge in [0.05, 0.1) is 19.0 Å². The quantitative estimate of drug-likeness (QED) is 0.858. The molecule has 1 aliphatic carbocycles. The Labute approximate surface area is 118 Å². The lowest BCUT2D eigenvalue weighted by atomic mass is 10.1. The van der Waals surface area contributed by atoms with Crippen molar-refractivity contribution in [3.05, 3.63) is 12.4 Å². The van der Waals surface area contributed by atoms with Gasteiger partial charge in [0.15, 0.2) is 5.82 Å². The topological polar surface area (TPSA) is 75.5 Å². The van der Waals surface area contributed by atoms with Gasteiger partial charge in [-0.05, 0) is 25.7 Å². The first-order chi connectivity index (χ1) is 9.58. The zero-order valence-corrected chi connectivity index (χ0v) is 12.0.